The van der Waals surface area contributed by atoms with E-state index >= 15 is 0 Å². The van der Waals surface area contributed by atoms with E-state index in [1.807, 2.05) is 0 Å². The van der Waals surface area contributed by atoms with Gasteiger partial charge in [0.1, 0.15) is 0 Å². The Labute approximate surface area is 104 Å². The van der Waals surface area contributed by atoms with Gasteiger partial charge in [-0.2, -0.15) is 4.98 Å². The van der Waals surface area contributed by atoms with Crippen molar-refractivity contribution in [3.8, 4) is 0 Å². The molecule has 17 heavy (non-hydrogen) atoms. The first-order valence-electron chi connectivity index (χ1n) is 6.70. The summed E-state index contributed by atoms with van der Waals surface area (Å²) in [6.45, 7) is 9.63. The Morgan fingerprint density at radius 1 is 1.24 bits per heavy atom. The summed E-state index contributed by atoms with van der Waals surface area (Å²) in [6, 6.07) is 0.456. The number of hydrogen-bond donors (Lipinski definition) is 1. The molecule has 4 heteroatoms. The topological polar surface area (TPSA) is 51.0 Å². The fourth-order valence-electron chi connectivity index (χ4n) is 1.95. The normalized spacial score (nSPS) is 13.2. The molecule has 0 saturated carbocycles. The van der Waals surface area contributed by atoms with E-state index in [1.54, 1.807) is 0 Å². The van der Waals surface area contributed by atoms with Crippen LogP contribution in [0.15, 0.2) is 4.52 Å². The molecule has 0 aliphatic carbocycles. The Morgan fingerprint density at radius 3 is 2.59 bits per heavy atom. The lowest BCUT2D eigenvalue weighted by Crippen LogP contribution is -2.30. The van der Waals surface area contributed by atoms with Gasteiger partial charge in [0, 0.05) is 18.9 Å². The monoisotopic (exact) mass is 239 g/mol. The van der Waals surface area contributed by atoms with E-state index in [1.165, 1.54) is 6.42 Å². The van der Waals surface area contributed by atoms with Crippen molar-refractivity contribution in [3.05, 3.63) is 11.7 Å². The summed E-state index contributed by atoms with van der Waals surface area (Å²) in [5.74, 6) is 2.17. The number of nitrogens with one attached hydrogen (secondary N) is 1. The minimum atomic E-state index is 0.456. The van der Waals surface area contributed by atoms with Crippen molar-refractivity contribution >= 4 is 0 Å². The van der Waals surface area contributed by atoms with Gasteiger partial charge in [-0.25, -0.2) is 0 Å². The lowest BCUT2D eigenvalue weighted by Gasteiger charge is -2.14. The summed E-state index contributed by atoms with van der Waals surface area (Å²) < 4.78 is 5.29. The van der Waals surface area contributed by atoms with E-state index in [0.717, 1.165) is 37.5 Å². The molecule has 1 N–H and O–H groups in total. The molecule has 0 aliphatic heterocycles. The predicted octanol–water partition coefficient (Wildman–Crippen LogP) is 2.59. The van der Waals surface area contributed by atoms with Gasteiger partial charge in [-0.15, -0.1) is 0 Å². The van der Waals surface area contributed by atoms with Crippen LogP contribution in [0.2, 0.25) is 0 Å². The highest BCUT2D eigenvalue weighted by molar-refractivity contribution is 4.90. The van der Waals surface area contributed by atoms with Crippen LogP contribution in [0.4, 0.5) is 0 Å². The van der Waals surface area contributed by atoms with E-state index in [9.17, 15) is 0 Å². The quantitative estimate of drug-likeness (QED) is 0.757. The van der Waals surface area contributed by atoms with Crippen molar-refractivity contribution in [3.63, 3.8) is 0 Å². The third-order valence-electron chi connectivity index (χ3n) is 2.65. The molecule has 1 heterocycles. The van der Waals surface area contributed by atoms with Gasteiger partial charge < -0.3 is 9.84 Å². The molecule has 1 rings (SSSR count). The number of rotatable bonds is 8. The van der Waals surface area contributed by atoms with Gasteiger partial charge in [0.15, 0.2) is 5.82 Å². The molecule has 1 aromatic heterocycles. The van der Waals surface area contributed by atoms with E-state index < -0.39 is 0 Å². The SMILES string of the molecule is CCCC(Cc1nc(CC(C)C)no1)NCC. The van der Waals surface area contributed by atoms with Crippen LogP contribution in [0.1, 0.15) is 52.3 Å². The smallest absolute Gasteiger partial charge is 0.228 e. The fraction of sp³-hybridized carbons (Fsp3) is 0.846. The van der Waals surface area contributed by atoms with Crippen LogP contribution in [-0.2, 0) is 12.8 Å². The molecule has 0 fully saturated rings. The van der Waals surface area contributed by atoms with Gasteiger partial charge in [0.05, 0.1) is 0 Å². The minimum Gasteiger partial charge on any atom is -0.339 e. The summed E-state index contributed by atoms with van der Waals surface area (Å²) in [5.41, 5.74) is 0. The van der Waals surface area contributed by atoms with Crippen molar-refractivity contribution in [2.75, 3.05) is 6.54 Å². The Balaban J connectivity index is 2.50. The third kappa shape index (κ3) is 5.31. The van der Waals surface area contributed by atoms with Crippen LogP contribution >= 0.6 is 0 Å². The summed E-state index contributed by atoms with van der Waals surface area (Å²) >= 11 is 0. The fourth-order valence-corrected chi connectivity index (χ4v) is 1.95. The summed E-state index contributed by atoms with van der Waals surface area (Å²) in [4.78, 5) is 4.44. The number of aromatic nitrogens is 2. The molecule has 0 spiro atoms. The first-order valence-corrected chi connectivity index (χ1v) is 6.70. The molecule has 1 aromatic rings. The van der Waals surface area contributed by atoms with Gasteiger partial charge in [-0.3, -0.25) is 0 Å². The molecule has 0 radical (unpaired) electrons. The third-order valence-corrected chi connectivity index (χ3v) is 2.65. The van der Waals surface area contributed by atoms with Crippen molar-refractivity contribution in [2.45, 2.75) is 59.4 Å². The number of likely N-dealkylation sites (N-methyl/N-ethyl adjacent to an activating group) is 1. The largest absolute Gasteiger partial charge is 0.339 e. The Morgan fingerprint density at radius 2 is 2.00 bits per heavy atom. The Bertz CT molecular complexity index is 303. The second kappa shape index (κ2) is 7.43. The van der Waals surface area contributed by atoms with Crippen molar-refractivity contribution in [1.29, 1.82) is 0 Å². The van der Waals surface area contributed by atoms with Crippen LogP contribution in [-0.4, -0.2) is 22.7 Å². The van der Waals surface area contributed by atoms with Crippen LogP contribution in [0.25, 0.3) is 0 Å². The zero-order valence-electron chi connectivity index (χ0n) is 11.5. The first-order chi connectivity index (χ1) is 8.15. The number of hydrogen-bond acceptors (Lipinski definition) is 4. The van der Waals surface area contributed by atoms with Gasteiger partial charge in [0.2, 0.25) is 5.89 Å². The summed E-state index contributed by atoms with van der Waals surface area (Å²) in [5, 5.41) is 7.47. The molecule has 0 aromatic carbocycles. The highest BCUT2D eigenvalue weighted by Crippen LogP contribution is 2.08. The standard InChI is InChI=1S/C13H25N3O/c1-5-7-11(14-6-2)9-13-15-12(16-17-13)8-10(3)4/h10-11,14H,5-9H2,1-4H3. The average Bonchev–Trinajstić information content (AvgIpc) is 2.65. The molecule has 98 valence electrons. The van der Waals surface area contributed by atoms with Crippen LogP contribution in [0.5, 0.6) is 0 Å². The molecule has 0 aliphatic rings. The first kappa shape index (κ1) is 14.2. The summed E-state index contributed by atoms with van der Waals surface area (Å²) in [7, 11) is 0. The van der Waals surface area contributed by atoms with E-state index in [2.05, 4.69) is 43.2 Å². The van der Waals surface area contributed by atoms with E-state index in [4.69, 9.17) is 4.52 Å². The van der Waals surface area contributed by atoms with Crippen molar-refractivity contribution in [2.24, 2.45) is 5.92 Å². The lowest BCUT2D eigenvalue weighted by molar-refractivity contribution is 0.347. The highest BCUT2D eigenvalue weighted by atomic mass is 16.5. The van der Waals surface area contributed by atoms with Gasteiger partial charge in [0.25, 0.3) is 0 Å². The van der Waals surface area contributed by atoms with Crippen LogP contribution in [0, 0.1) is 5.92 Å². The van der Waals surface area contributed by atoms with Gasteiger partial charge in [-0.05, 0) is 18.9 Å². The maximum absolute atomic E-state index is 5.29. The molecule has 1 unspecified atom stereocenters. The zero-order chi connectivity index (χ0) is 12.7. The van der Waals surface area contributed by atoms with Crippen molar-refractivity contribution in [1.82, 2.24) is 15.5 Å². The van der Waals surface area contributed by atoms with Gasteiger partial charge in [-0.1, -0.05) is 39.3 Å². The molecule has 0 saturated heterocycles. The van der Waals surface area contributed by atoms with Crippen LogP contribution < -0.4 is 5.32 Å². The number of nitrogens with zero attached hydrogens (tertiary/aromatic N) is 2. The van der Waals surface area contributed by atoms with E-state index in [-0.39, 0.29) is 0 Å². The maximum Gasteiger partial charge on any atom is 0.228 e. The van der Waals surface area contributed by atoms with Gasteiger partial charge >= 0.3 is 0 Å². The molecule has 0 amide bonds. The van der Waals surface area contributed by atoms with Crippen LogP contribution in [0.3, 0.4) is 0 Å². The predicted molar refractivity (Wildman–Crippen MR) is 68.9 cm³/mol. The molecule has 4 nitrogen and oxygen atoms in total. The zero-order valence-corrected chi connectivity index (χ0v) is 11.5. The minimum absolute atomic E-state index is 0.456. The second-order valence-corrected chi connectivity index (χ2v) is 4.95. The molecule has 1 atom stereocenters. The van der Waals surface area contributed by atoms with E-state index in [0.29, 0.717) is 12.0 Å². The van der Waals surface area contributed by atoms with Crippen molar-refractivity contribution < 1.29 is 4.52 Å². The lowest BCUT2D eigenvalue weighted by atomic mass is 10.1. The highest BCUT2D eigenvalue weighted by Gasteiger charge is 2.13. The maximum atomic E-state index is 5.29. The average molecular weight is 239 g/mol. The molecular formula is C13H25N3O. The molecular weight excluding hydrogens is 214 g/mol. The molecule has 0 bridgehead atoms. The summed E-state index contributed by atoms with van der Waals surface area (Å²) in [6.07, 6.45) is 4.05. The Kier molecular flexibility index (Phi) is 6.19. The second-order valence-electron chi connectivity index (χ2n) is 4.95. The Hall–Kier alpha value is -0.900.